The highest BCUT2D eigenvalue weighted by atomic mass is 16.6. The van der Waals surface area contributed by atoms with E-state index < -0.39 is 0 Å². The summed E-state index contributed by atoms with van der Waals surface area (Å²) in [6, 6.07) is 0. The van der Waals surface area contributed by atoms with Gasteiger partial charge in [0.2, 0.25) is 0 Å². The predicted octanol–water partition coefficient (Wildman–Crippen LogP) is 0.598. The Morgan fingerprint density at radius 1 is 1.75 bits per heavy atom. The van der Waals surface area contributed by atoms with Gasteiger partial charge in [0.05, 0.1) is 13.2 Å². The Balaban J connectivity index is 1.84. The SMILES string of the molecule is CC(=C=[N])CCCOCC1CO1. The van der Waals surface area contributed by atoms with Crippen molar-refractivity contribution in [3.63, 3.8) is 0 Å². The summed E-state index contributed by atoms with van der Waals surface area (Å²) in [6.07, 6.45) is 2.14. The van der Waals surface area contributed by atoms with E-state index in [9.17, 15) is 0 Å². The second-order valence-electron chi connectivity index (χ2n) is 3.03. The number of allylic oxidation sites excluding steroid dienone is 1. The van der Waals surface area contributed by atoms with Crippen LogP contribution >= 0.6 is 0 Å². The van der Waals surface area contributed by atoms with Crippen LogP contribution in [0.5, 0.6) is 0 Å². The molecule has 1 saturated heterocycles. The highest BCUT2D eigenvalue weighted by molar-refractivity contribution is 5.54. The molecule has 1 fully saturated rings. The fourth-order valence-electron chi connectivity index (χ4n) is 0.874. The zero-order valence-electron chi connectivity index (χ0n) is 7.38. The normalized spacial score (nSPS) is 20.2. The van der Waals surface area contributed by atoms with E-state index in [-0.39, 0.29) is 0 Å². The number of rotatable bonds is 6. The molecule has 1 rings (SSSR count). The van der Waals surface area contributed by atoms with Gasteiger partial charge in [-0.15, -0.1) is 0 Å². The van der Waals surface area contributed by atoms with E-state index in [4.69, 9.17) is 14.9 Å². The molecule has 0 aromatic carbocycles. The number of hydrogen-bond acceptors (Lipinski definition) is 2. The summed E-state index contributed by atoms with van der Waals surface area (Å²) in [5.74, 6) is 2.11. The summed E-state index contributed by atoms with van der Waals surface area (Å²) in [5, 5.41) is 8.44. The van der Waals surface area contributed by atoms with E-state index in [1.165, 1.54) is 0 Å². The minimum atomic E-state index is 0.353. The molecule has 1 aliphatic heterocycles. The van der Waals surface area contributed by atoms with Gasteiger partial charge < -0.3 is 9.47 Å². The highest BCUT2D eigenvalue weighted by Crippen LogP contribution is 2.09. The van der Waals surface area contributed by atoms with Crippen molar-refractivity contribution >= 4 is 5.87 Å². The quantitative estimate of drug-likeness (QED) is 0.331. The molecule has 0 N–H and O–H groups in total. The van der Waals surface area contributed by atoms with Gasteiger partial charge in [-0.05, 0) is 25.3 Å². The average molecular weight is 168 g/mol. The van der Waals surface area contributed by atoms with E-state index in [0.29, 0.717) is 12.7 Å². The fourth-order valence-corrected chi connectivity index (χ4v) is 0.874. The van der Waals surface area contributed by atoms with Crippen molar-refractivity contribution in [2.45, 2.75) is 25.9 Å². The molecule has 12 heavy (non-hydrogen) atoms. The Morgan fingerprint density at radius 2 is 2.50 bits per heavy atom. The maximum Gasteiger partial charge on any atom is 0.104 e. The fraction of sp³-hybridized carbons (Fsp3) is 0.778. The van der Waals surface area contributed by atoms with Crippen LogP contribution in [0.1, 0.15) is 19.8 Å². The van der Waals surface area contributed by atoms with Crippen molar-refractivity contribution < 1.29 is 9.47 Å². The minimum Gasteiger partial charge on any atom is -0.379 e. The van der Waals surface area contributed by atoms with Gasteiger partial charge in [0.15, 0.2) is 0 Å². The third-order valence-corrected chi connectivity index (χ3v) is 1.74. The van der Waals surface area contributed by atoms with Gasteiger partial charge in [0, 0.05) is 12.5 Å². The summed E-state index contributed by atoms with van der Waals surface area (Å²) in [4.78, 5) is 0. The molecule has 3 heteroatoms. The number of epoxide rings is 1. The number of ether oxygens (including phenoxy) is 2. The molecule has 0 saturated carbocycles. The first-order valence-corrected chi connectivity index (χ1v) is 4.25. The van der Waals surface area contributed by atoms with Gasteiger partial charge in [-0.3, -0.25) is 0 Å². The van der Waals surface area contributed by atoms with E-state index in [1.54, 1.807) is 0 Å². The Bertz CT molecular complexity index is 181. The molecule has 0 amide bonds. The van der Waals surface area contributed by atoms with Crippen molar-refractivity contribution in [1.29, 1.82) is 0 Å². The van der Waals surface area contributed by atoms with Crippen LogP contribution in [-0.4, -0.2) is 31.8 Å². The van der Waals surface area contributed by atoms with Crippen molar-refractivity contribution in [2.24, 2.45) is 0 Å². The molecule has 1 heterocycles. The molecule has 3 nitrogen and oxygen atoms in total. The Kier molecular flexibility index (Phi) is 4.01. The average Bonchev–Trinajstić information content (AvgIpc) is 2.87. The van der Waals surface area contributed by atoms with Crippen molar-refractivity contribution in [1.82, 2.24) is 5.41 Å². The van der Waals surface area contributed by atoms with Gasteiger partial charge in [-0.1, -0.05) is 5.41 Å². The van der Waals surface area contributed by atoms with E-state index >= 15 is 0 Å². The van der Waals surface area contributed by atoms with Crippen LogP contribution in [0.3, 0.4) is 0 Å². The van der Waals surface area contributed by atoms with Gasteiger partial charge in [0.1, 0.15) is 6.10 Å². The highest BCUT2D eigenvalue weighted by Gasteiger charge is 2.21. The van der Waals surface area contributed by atoms with Crippen LogP contribution in [0.2, 0.25) is 0 Å². The molecule has 1 atom stereocenters. The standard InChI is InChI=1S/C9H14NO2/c1-8(5-10)3-2-4-11-6-9-7-12-9/h9H,2-4,6-7H2,1H3. The maximum absolute atomic E-state index is 8.44. The lowest BCUT2D eigenvalue weighted by Gasteiger charge is -2.00. The third kappa shape index (κ3) is 4.29. The van der Waals surface area contributed by atoms with Crippen molar-refractivity contribution in [3.8, 4) is 0 Å². The molecular weight excluding hydrogens is 154 g/mol. The summed E-state index contributed by atoms with van der Waals surface area (Å²) >= 11 is 0. The van der Waals surface area contributed by atoms with Crippen LogP contribution in [-0.2, 0) is 9.47 Å². The van der Waals surface area contributed by atoms with Gasteiger partial charge in [0.25, 0.3) is 0 Å². The molecule has 0 aromatic heterocycles. The summed E-state index contributed by atoms with van der Waals surface area (Å²) in [7, 11) is 0. The second kappa shape index (κ2) is 5.09. The summed E-state index contributed by atoms with van der Waals surface area (Å²) in [5.41, 5.74) is 0.876. The summed E-state index contributed by atoms with van der Waals surface area (Å²) < 4.78 is 10.3. The number of nitrogens with zero attached hydrogens (tertiary/aromatic N) is 1. The Labute approximate surface area is 72.9 Å². The first-order chi connectivity index (χ1) is 5.83. The topological polar surface area (TPSA) is 44.1 Å². The largest absolute Gasteiger partial charge is 0.379 e. The lowest BCUT2D eigenvalue weighted by atomic mass is 10.2. The first-order valence-electron chi connectivity index (χ1n) is 4.25. The van der Waals surface area contributed by atoms with E-state index in [2.05, 4.69) is 5.87 Å². The van der Waals surface area contributed by atoms with Crippen molar-refractivity contribution in [3.05, 3.63) is 5.57 Å². The van der Waals surface area contributed by atoms with Crippen LogP contribution in [0.25, 0.3) is 0 Å². The van der Waals surface area contributed by atoms with E-state index in [0.717, 1.165) is 31.6 Å². The zero-order chi connectivity index (χ0) is 8.81. The second-order valence-corrected chi connectivity index (χ2v) is 3.03. The molecule has 0 aromatic rings. The van der Waals surface area contributed by atoms with Gasteiger partial charge in [-0.2, -0.15) is 0 Å². The minimum absolute atomic E-state index is 0.353. The molecule has 1 radical (unpaired) electrons. The molecule has 67 valence electrons. The van der Waals surface area contributed by atoms with Crippen LogP contribution < -0.4 is 5.41 Å². The lowest BCUT2D eigenvalue weighted by Crippen LogP contribution is -2.02. The zero-order valence-corrected chi connectivity index (χ0v) is 7.38. The smallest absolute Gasteiger partial charge is 0.104 e. The predicted molar refractivity (Wildman–Crippen MR) is 46.1 cm³/mol. The maximum atomic E-state index is 8.44. The monoisotopic (exact) mass is 168 g/mol. The molecule has 0 spiro atoms. The first kappa shape index (κ1) is 9.46. The molecule has 1 unspecified atom stereocenters. The molecule has 0 bridgehead atoms. The molecule has 0 aliphatic carbocycles. The third-order valence-electron chi connectivity index (χ3n) is 1.74. The van der Waals surface area contributed by atoms with Crippen molar-refractivity contribution in [2.75, 3.05) is 19.8 Å². The Hall–Kier alpha value is -0.630. The van der Waals surface area contributed by atoms with Crippen LogP contribution in [0.15, 0.2) is 5.57 Å². The number of hydrogen-bond donors (Lipinski definition) is 0. The van der Waals surface area contributed by atoms with Gasteiger partial charge in [-0.25, -0.2) is 0 Å². The summed E-state index contributed by atoms with van der Waals surface area (Å²) in [6.45, 7) is 4.15. The Morgan fingerprint density at radius 3 is 3.08 bits per heavy atom. The molecule has 1 aliphatic rings. The van der Waals surface area contributed by atoms with Gasteiger partial charge >= 0.3 is 0 Å². The van der Waals surface area contributed by atoms with Crippen LogP contribution in [0, 0.1) is 0 Å². The lowest BCUT2D eigenvalue weighted by molar-refractivity contribution is 0.114. The van der Waals surface area contributed by atoms with Crippen LogP contribution in [0.4, 0.5) is 0 Å². The van der Waals surface area contributed by atoms with E-state index in [1.807, 2.05) is 6.92 Å². The molecular formula is C9H14NO2.